The summed E-state index contributed by atoms with van der Waals surface area (Å²) in [5.74, 6) is 0.624. The standard InChI is InChI=1S/C11H20FN/c12-8-11(13-10-6-7-10)9-4-2-1-3-5-9/h9-11,13H,1-8H2. The summed E-state index contributed by atoms with van der Waals surface area (Å²) >= 11 is 0. The lowest BCUT2D eigenvalue weighted by Gasteiger charge is -2.29. The number of hydrogen-bond acceptors (Lipinski definition) is 1. The molecule has 2 rings (SSSR count). The lowest BCUT2D eigenvalue weighted by atomic mass is 9.84. The number of rotatable bonds is 4. The second-order valence-electron chi connectivity index (χ2n) is 4.60. The molecule has 2 aliphatic rings. The molecular formula is C11H20FN. The van der Waals surface area contributed by atoms with Crippen molar-refractivity contribution >= 4 is 0 Å². The van der Waals surface area contributed by atoms with Gasteiger partial charge in [-0.05, 0) is 31.6 Å². The Balaban J connectivity index is 1.78. The molecule has 0 saturated heterocycles. The van der Waals surface area contributed by atoms with Gasteiger partial charge in [-0.15, -0.1) is 0 Å². The van der Waals surface area contributed by atoms with E-state index in [0.29, 0.717) is 12.0 Å². The molecule has 2 saturated carbocycles. The molecule has 1 unspecified atom stereocenters. The molecule has 0 aliphatic heterocycles. The summed E-state index contributed by atoms with van der Waals surface area (Å²) in [5.41, 5.74) is 0. The highest BCUT2D eigenvalue weighted by atomic mass is 19.1. The SMILES string of the molecule is FCC(NC1CC1)C1CCCCC1. The third-order valence-corrected chi connectivity index (χ3v) is 3.41. The molecule has 0 aromatic heterocycles. The number of halogens is 1. The van der Waals surface area contributed by atoms with Gasteiger partial charge >= 0.3 is 0 Å². The average Bonchev–Trinajstić information content (AvgIpc) is 2.99. The van der Waals surface area contributed by atoms with Gasteiger partial charge < -0.3 is 5.32 Å². The topological polar surface area (TPSA) is 12.0 Å². The summed E-state index contributed by atoms with van der Waals surface area (Å²) in [5, 5.41) is 3.44. The van der Waals surface area contributed by atoms with Crippen molar-refractivity contribution in [3.63, 3.8) is 0 Å². The summed E-state index contributed by atoms with van der Waals surface area (Å²) in [6.07, 6.45) is 9.01. The first-order valence-corrected chi connectivity index (χ1v) is 5.72. The normalized spacial score (nSPS) is 27.5. The molecule has 76 valence electrons. The largest absolute Gasteiger partial charge is 0.308 e. The zero-order valence-electron chi connectivity index (χ0n) is 8.27. The van der Waals surface area contributed by atoms with Crippen LogP contribution in [0.2, 0.25) is 0 Å². The van der Waals surface area contributed by atoms with E-state index in [1.807, 2.05) is 0 Å². The van der Waals surface area contributed by atoms with Crippen LogP contribution >= 0.6 is 0 Å². The molecule has 1 nitrogen and oxygen atoms in total. The van der Waals surface area contributed by atoms with Crippen molar-refractivity contribution in [2.75, 3.05) is 6.67 Å². The van der Waals surface area contributed by atoms with Gasteiger partial charge in [-0.1, -0.05) is 19.3 Å². The Morgan fingerprint density at radius 1 is 1.08 bits per heavy atom. The molecule has 2 heteroatoms. The fraction of sp³-hybridized carbons (Fsp3) is 1.00. The van der Waals surface area contributed by atoms with Crippen LogP contribution in [0.4, 0.5) is 4.39 Å². The first-order valence-electron chi connectivity index (χ1n) is 5.72. The first kappa shape index (κ1) is 9.45. The Labute approximate surface area is 80.1 Å². The van der Waals surface area contributed by atoms with Crippen molar-refractivity contribution in [2.45, 2.75) is 57.0 Å². The minimum absolute atomic E-state index is 0.166. The summed E-state index contributed by atoms with van der Waals surface area (Å²) < 4.78 is 12.8. The maximum absolute atomic E-state index is 12.8. The number of alkyl halides is 1. The number of nitrogens with one attached hydrogen (secondary N) is 1. The highest BCUT2D eigenvalue weighted by Gasteiger charge is 2.29. The Morgan fingerprint density at radius 2 is 1.77 bits per heavy atom. The van der Waals surface area contributed by atoms with E-state index in [0.717, 1.165) is 0 Å². The zero-order chi connectivity index (χ0) is 9.10. The fourth-order valence-corrected chi connectivity index (χ4v) is 2.40. The monoisotopic (exact) mass is 185 g/mol. The van der Waals surface area contributed by atoms with E-state index in [1.165, 1.54) is 44.9 Å². The van der Waals surface area contributed by atoms with Crippen LogP contribution in [0.25, 0.3) is 0 Å². The molecule has 13 heavy (non-hydrogen) atoms. The van der Waals surface area contributed by atoms with Crippen LogP contribution in [0, 0.1) is 5.92 Å². The predicted octanol–water partition coefficient (Wildman–Crippen LogP) is 2.66. The molecule has 0 radical (unpaired) electrons. The van der Waals surface area contributed by atoms with Crippen molar-refractivity contribution in [3.05, 3.63) is 0 Å². The minimum Gasteiger partial charge on any atom is -0.308 e. The highest BCUT2D eigenvalue weighted by molar-refractivity contribution is 4.88. The Bertz CT molecular complexity index is 150. The van der Waals surface area contributed by atoms with Gasteiger partial charge in [-0.2, -0.15) is 0 Å². The molecule has 0 aromatic rings. The molecule has 0 spiro atoms. The summed E-state index contributed by atoms with van der Waals surface area (Å²) in [6, 6.07) is 0.829. The van der Waals surface area contributed by atoms with Gasteiger partial charge in [0, 0.05) is 12.1 Å². The Morgan fingerprint density at radius 3 is 2.31 bits per heavy atom. The van der Waals surface area contributed by atoms with Gasteiger partial charge in [-0.25, -0.2) is 4.39 Å². The van der Waals surface area contributed by atoms with Crippen LogP contribution in [-0.2, 0) is 0 Å². The van der Waals surface area contributed by atoms with Crippen molar-refractivity contribution in [1.29, 1.82) is 0 Å². The van der Waals surface area contributed by atoms with E-state index < -0.39 is 0 Å². The van der Waals surface area contributed by atoms with Gasteiger partial charge in [-0.3, -0.25) is 0 Å². The number of hydrogen-bond donors (Lipinski definition) is 1. The molecule has 2 fully saturated rings. The molecule has 0 amide bonds. The molecule has 2 aliphatic carbocycles. The van der Waals surface area contributed by atoms with Crippen LogP contribution in [0.3, 0.4) is 0 Å². The highest BCUT2D eigenvalue weighted by Crippen LogP contribution is 2.29. The van der Waals surface area contributed by atoms with Gasteiger partial charge in [0.2, 0.25) is 0 Å². The van der Waals surface area contributed by atoms with Crippen molar-refractivity contribution in [1.82, 2.24) is 5.32 Å². The molecule has 1 atom stereocenters. The van der Waals surface area contributed by atoms with E-state index in [-0.39, 0.29) is 12.7 Å². The van der Waals surface area contributed by atoms with E-state index in [4.69, 9.17) is 0 Å². The van der Waals surface area contributed by atoms with Gasteiger partial charge in [0.15, 0.2) is 0 Å². The lowest BCUT2D eigenvalue weighted by molar-refractivity contribution is 0.228. The van der Waals surface area contributed by atoms with Gasteiger partial charge in [0.05, 0.1) is 0 Å². The van der Waals surface area contributed by atoms with Crippen LogP contribution in [-0.4, -0.2) is 18.8 Å². The maximum atomic E-state index is 12.8. The molecule has 0 bridgehead atoms. The smallest absolute Gasteiger partial charge is 0.105 e. The Hall–Kier alpha value is -0.110. The Kier molecular flexibility index (Phi) is 3.20. The van der Waals surface area contributed by atoms with E-state index in [2.05, 4.69) is 5.32 Å². The zero-order valence-corrected chi connectivity index (χ0v) is 8.27. The van der Waals surface area contributed by atoms with Gasteiger partial charge in [0.25, 0.3) is 0 Å². The van der Waals surface area contributed by atoms with Crippen LogP contribution in [0.1, 0.15) is 44.9 Å². The quantitative estimate of drug-likeness (QED) is 0.710. The lowest BCUT2D eigenvalue weighted by Crippen LogP contribution is -2.40. The molecular weight excluding hydrogens is 165 g/mol. The third kappa shape index (κ3) is 2.67. The second-order valence-corrected chi connectivity index (χ2v) is 4.60. The van der Waals surface area contributed by atoms with E-state index >= 15 is 0 Å². The van der Waals surface area contributed by atoms with Crippen LogP contribution < -0.4 is 5.32 Å². The maximum Gasteiger partial charge on any atom is 0.105 e. The van der Waals surface area contributed by atoms with Crippen LogP contribution in [0.5, 0.6) is 0 Å². The third-order valence-electron chi connectivity index (χ3n) is 3.41. The van der Waals surface area contributed by atoms with Crippen molar-refractivity contribution in [2.24, 2.45) is 5.92 Å². The van der Waals surface area contributed by atoms with Gasteiger partial charge in [0.1, 0.15) is 6.67 Å². The first-order chi connectivity index (χ1) is 6.40. The fourth-order valence-electron chi connectivity index (χ4n) is 2.40. The second kappa shape index (κ2) is 4.41. The van der Waals surface area contributed by atoms with Crippen molar-refractivity contribution < 1.29 is 4.39 Å². The molecule has 0 heterocycles. The summed E-state index contributed by atoms with van der Waals surface area (Å²) in [6.45, 7) is -0.166. The minimum atomic E-state index is -0.166. The predicted molar refractivity (Wildman–Crippen MR) is 52.5 cm³/mol. The van der Waals surface area contributed by atoms with Crippen LogP contribution in [0.15, 0.2) is 0 Å². The molecule has 1 N–H and O–H groups in total. The molecule has 0 aromatic carbocycles. The summed E-state index contributed by atoms with van der Waals surface area (Å²) in [7, 11) is 0. The van der Waals surface area contributed by atoms with E-state index in [9.17, 15) is 4.39 Å². The van der Waals surface area contributed by atoms with E-state index in [1.54, 1.807) is 0 Å². The summed E-state index contributed by atoms with van der Waals surface area (Å²) in [4.78, 5) is 0. The average molecular weight is 185 g/mol. The van der Waals surface area contributed by atoms with Crippen molar-refractivity contribution in [3.8, 4) is 0 Å².